The SMILES string of the molecule is CC1(C(=O)O)CCCN1CCS(=O)(=O)c1ccc(Cl)cc1. The number of halogens is 1. The molecule has 7 heteroatoms. The lowest BCUT2D eigenvalue weighted by atomic mass is 9.99. The van der Waals surface area contributed by atoms with E-state index in [0.717, 1.165) is 6.42 Å². The molecule has 1 heterocycles. The van der Waals surface area contributed by atoms with Gasteiger partial charge in [0.1, 0.15) is 5.54 Å². The highest BCUT2D eigenvalue weighted by Crippen LogP contribution is 2.29. The zero-order valence-electron chi connectivity index (χ0n) is 11.8. The Morgan fingerprint density at radius 2 is 2.00 bits per heavy atom. The Bertz CT molecular complexity index is 629. The summed E-state index contributed by atoms with van der Waals surface area (Å²) in [6.07, 6.45) is 1.31. The van der Waals surface area contributed by atoms with Gasteiger partial charge in [-0.15, -0.1) is 0 Å². The van der Waals surface area contributed by atoms with Gasteiger partial charge in [0.15, 0.2) is 9.84 Å². The topological polar surface area (TPSA) is 74.7 Å². The van der Waals surface area contributed by atoms with Gasteiger partial charge in [-0.2, -0.15) is 0 Å². The molecule has 1 aliphatic rings. The van der Waals surface area contributed by atoms with Crippen LogP contribution < -0.4 is 0 Å². The lowest BCUT2D eigenvalue weighted by Crippen LogP contribution is -2.49. The second kappa shape index (κ2) is 5.94. The van der Waals surface area contributed by atoms with E-state index in [1.54, 1.807) is 11.8 Å². The van der Waals surface area contributed by atoms with E-state index in [-0.39, 0.29) is 17.2 Å². The zero-order chi connectivity index (χ0) is 15.7. The highest BCUT2D eigenvalue weighted by molar-refractivity contribution is 7.91. The second-order valence-corrected chi connectivity index (χ2v) is 7.99. The van der Waals surface area contributed by atoms with Crippen molar-refractivity contribution >= 4 is 27.4 Å². The molecule has 1 unspecified atom stereocenters. The normalized spacial score (nSPS) is 23.3. The third kappa shape index (κ3) is 3.39. The third-order valence-corrected chi connectivity index (χ3v) is 6.02. The van der Waals surface area contributed by atoms with Gasteiger partial charge in [0.25, 0.3) is 0 Å². The fourth-order valence-corrected chi connectivity index (χ4v) is 3.98. The Morgan fingerprint density at radius 1 is 1.38 bits per heavy atom. The first kappa shape index (κ1) is 16.3. The Labute approximate surface area is 129 Å². The Kier molecular flexibility index (Phi) is 4.60. The molecule has 1 aromatic carbocycles. The highest BCUT2D eigenvalue weighted by Gasteiger charge is 2.43. The van der Waals surface area contributed by atoms with Crippen LogP contribution in [-0.4, -0.2) is 48.8 Å². The smallest absolute Gasteiger partial charge is 0.323 e. The number of hydrogen-bond acceptors (Lipinski definition) is 4. The molecule has 1 N–H and O–H groups in total. The number of carbonyl (C=O) groups is 1. The number of sulfone groups is 1. The summed E-state index contributed by atoms with van der Waals surface area (Å²) in [5.41, 5.74) is -0.963. The van der Waals surface area contributed by atoms with Crippen molar-refractivity contribution in [1.29, 1.82) is 0 Å². The molecule has 21 heavy (non-hydrogen) atoms. The van der Waals surface area contributed by atoms with Crippen molar-refractivity contribution in [3.63, 3.8) is 0 Å². The van der Waals surface area contributed by atoms with Crippen LogP contribution in [0.5, 0.6) is 0 Å². The average Bonchev–Trinajstić information content (AvgIpc) is 2.80. The predicted octanol–water partition coefficient (Wildman–Crippen LogP) is 2.05. The van der Waals surface area contributed by atoms with E-state index in [0.29, 0.717) is 18.0 Å². The van der Waals surface area contributed by atoms with Gasteiger partial charge >= 0.3 is 5.97 Å². The van der Waals surface area contributed by atoms with E-state index in [9.17, 15) is 18.3 Å². The van der Waals surface area contributed by atoms with E-state index in [4.69, 9.17) is 11.6 Å². The van der Waals surface area contributed by atoms with Crippen LogP contribution in [0.25, 0.3) is 0 Å². The van der Waals surface area contributed by atoms with Crippen LogP contribution in [0.15, 0.2) is 29.2 Å². The Morgan fingerprint density at radius 3 is 2.57 bits per heavy atom. The minimum Gasteiger partial charge on any atom is -0.480 e. The first-order chi connectivity index (χ1) is 9.75. The van der Waals surface area contributed by atoms with Crippen LogP contribution in [-0.2, 0) is 14.6 Å². The van der Waals surface area contributed by atoms with E-state index in [1.807, 2.05) is 0 Å². The summed E-state index contributed by atoms with van der Waals surface area (Å²) in [7, 11) is -3.43. The molecule has 0 saturated carbocycles. The van der Waals surface area contributed by atoms with Crippen molar-refractivity contribution in [2.45, 2.75) is 30.2 Å². The molecule has 2 rings (SSSR count). The zero-order valence-corrected chi connectivity index (χ0v) is 13.3. The number of hydrogen-bond donors (Lipinski definition) is 1. The second-order valence-electron chi connectivity index (χ2n) is 5.44. The monoisotopic (exact) mass is 331 g/mol. The summed E-state index contributed by atoms with van der Waals surface area (Å²) in [6, 6.07) is 6.01. The molecule has 1 fully saturated rings. The maximum atomic E-state index is 12.3. The van der Waals surface area contributed by atoms with Crippen LogP contribution >= 0.6 is 11.6 Å². The molecule has 5 nitrogen and oxygen atoms in total. The molecule has 0 amide bonds. The summed E-state index contributed by atoms with van der Waals surface area (Å²) in [6.45, 7) is 2.48. The molecule has 0 spiro atoms. The average molecular weight is 332 g/mol. The van der Waals surface area contributed by atoms with Crippen molar-refractivity contribution in [3.8, 4) is 0 Å². The number of aliphatic carboxylic acids is 1. The van der Waals surface area contributed by atoms with Crippen molar-refractivity contribution in [3.05, 3.63) is 29.3 Å². The van der Waals surface area contributed by atoms with Crippen LogP contribution in [0.1, 0.15) is 19.8 Å². The molecule has 1 aliphatic heterocycles. The number of carboxylic acid groups (broad SMARTS) is 1. The number of benzene rings is 1. The fourth-order valence-electron chi connectivity index (χ4n) is 2.61. The predicted molar refractivity (Wildman–Crippen MR) is 80.4 cm³/mol. The number of carboxylic acids is 1. The molecular weight excluding hydrogens is 314 g/mol. The lowest BCUT2D eigenvalue weighted by Gasteiger charge is -2.30. The molecule has 0 bridgehead atoms. The van der Waals surface area contributed by atoms with Gasteiger partial charge in [0.05, 0.1) is 10.6 Å². The fraction of sp³-hybridized carbons (Fsp3) is 0.500. The summed E-state index contributed by atoms with van der Waals surface area (Å²) in [4.78, 5) is 13.3. The Hall–Kier alpha value is -1.11. The number of nitrogens with zero attached hydrogens (tertiary/aromatic N) is 1. The van der Waals surface area contributed by atoms with E-state index in [2.05, 4.69) is 0 Å². The van der Waals surface area contributed by atoms with Gasteiger partial charge in [0, 0.05) is 11.6 Å². The Balaban J connectivity index is 2.08. The number of likely N-dealkylation sites (tertiary alicyclic amines) is 1. The summed E-state index contributed by atoms with van der Waals surface area (Å²) in [5.74, 6) is -0.999. The summed E-state index contributed by atoms with van der Waals surface area (Å²) >= 11 is 5.75. The van der Waals surface area contributed by atoms with Gasteiger partial charge in [0.2, 0.25) is 0 Å². The molecule has 1 saturated heterocycles. The minimum atomic E-state index is -3.43. The molecule has 1 aromatic rings. The van der Waals surface area contributed by atoms with Crippen LogP contribution in [0.3, 0.4) is 0 Å². The van der Waals surface area contributed by atoms with Crippen molar-refractivity contribution in [2.24, 2.45) is 0 Å². The van der Waals surface area contributed by atoms with Gasteiger partial charge in [-0.05, 0) is 50.6 Å². The van der Waals surface area contributed by atoms with Crippen molar-refractivity contribution in [1.82, 2.24) is 4.90 Å². The maximum Gasteiger partial charge on any atom is 0.323 e. The van der Waals surface area contributed by atoms with E-state index >= 15 is 0 Å². The highest BCUT2D eigenvalue weighted by atomic mass is 35.5. The molecule has 0 aromatic heterocycles. The summed E-state index contributed by atoms with van der Waals surface area (Å²) < 4.78 is 24.5. The molecular formula is C14H18ClNO4S. The van der Waals surface area contributed by atoms with Gasteiger partial charge < -0.3 is 5.11 Å². The van der Waals surface area contributed by atoms with E-state index < -0.39 is 21.3 Å². The molecule has 0 radical (unpaired) electrons. The van der Waals surface area contributed by atoms with E-state index in [1.165, 1.54) is 24.3 Å². The molecule has 0 aliphatic carbocycles. The van der Waals surface area contributed by atoms with Crippen LogP contribution in [0.4, 0.5) is 0 Å². The van der Waals surface area contributed by atoms with Crippen LogP contribution in [0, 0.1) is 0 Å². The first-order valence-corrected chi connectivity index (χ1v) is 8.75. The maximum absolute atomic E-state index is 12.3. The first-order valence-electron chi connectivity index (χ1n) is 6.72. The lowest BCUT2D eigenvalue weighted by molar-refractivity contribution is -0.148. The summed E-state index contributed by atoms with van der Waals surface area (Å²) in [5, 5.41) is 9.79. The van der Waals surface area contributed by atoms with Crippen LogP contribution in [0.2, 0.25) is 5.02 Å². The minimum absolute atomic E-state index is 0.0997. The largest absolute Gasteiger partial charge is 0.480 e. The number of rotatable bonds is 5. The van der Waals surface area contributed by atoms with Gasteiger partial charge in [-0.25, -0.2) is 8.42 Å². The quantitative estimate of drug-likeness (QED) is 0.893. The third-order valence-electron chi connectivity index (χ3n) is 4.05. The van der Waals surface area contributed by atoms with Gasteiger partial charge in [-0.3, -0.25) is 9.69 Å². The standard InChI is InChI=1S/C14H18ClNO4S/c1-14(13(17)18)7-2-8-16(14)9-10-21(19,20)12-5-3-11(15)4-6-12/h3-6H,2,7-10H2,1H3,(H,17,18). The molecule has 1 atom stereocenters. The van der Waals surface area contributed by atoms with Crippen molar-refractivity contribution in [2.75, 3.05) is 18.8 Å². The van der Waals surface area contributed by atoms with Gasteiger partial charge in [-0.1, -0.05) is 11.6 Å². The van der Waals surface area contributed by atoms with Crippen molar-refractivity contribution < 1.29 is 18.3 Å². The molecule has 116 valence electrons.